The van der Waals surface area contributed by atoms with Gasteiger partial charge in [0.1, 0.15) is 5.00 Å². The highest BCUT2D eigenvalue weighted by molar-refractivity contribution is 7.10. The summed E-state index contributed by atoms with van der Waals surface area (Å²) in [5, 5.41) is 9.02. The van der Waals surface area contributed by atoms with Crippen LogP contribution in [0.25, 0.3) is 5.65 Å². The third-order valence-corrected chi connectivity index (χ3v) is 6.97. The van der Waals surface area contributed by atoms with E-state index in [-0.39, 0.29) is 17.6 Å². The summed E-state index contributed by atoms with van der Waals surface area (Å²) >= 11 is 1.53. The number of hydrogen-bond acceptors (Lipinski definition) is 8. The van der Waals surface area contributed by atoms with Crippen LogP contribution in [0.4, 0.5) is 24.1 Å². The van der Waals surface area contributed by atoms with Gasteiger partial charge in [0.15, 0.2) is 6.10 Å². The van der Waals surface area contributed by atoms with Crippen molar-refractivity contribution in [3.63, 3.8) is 0 Å². The SMILES string of the molecule is Cc1cc(N2CC3CC[C@@H](C2)C3Nc2nc3c(OC(C)C(F)(F)F)nccn3n2)sn1. The molecule has 1 N–H and O–H groups in total. The Hall–Kier alpha value is -2.63. The quantitative estimate of drug-likeness (QED) is 0.633. The van der Waals surface area contributed by atoms with Crippen LogP contribution in [0, 0.1) is 18.8 Å². The maximum absolute atomic E-state index is 12.9. The van der Waals surface area contributed by atoms with Gasteiger partial charge in [-0.3, -0.25) is 0 Å². The van der Waals surface area contributed by atoms with Crippen LogP contribution >= 0.6 is 11.5 Å². The molecule has 4 atom stereocenters. The van der Waals surface area contributed by atoms with Crippen LogP contribution in [-0.2, 0) is 0 Å². The second-order valence-electron chi connectivity index (χ2n) is 8.22. The van der Waals surface area contributed by atoms with E-state index >= 15 is 0 Å². The lowest BCUT2D eigenvalue weighted by atomic mass is 9.92. The molecule has 1 saturated carbocycles. The first kappa shape index (κ1) is 20.3. The molecule has 12 heteroatoms. The number of aryl methyl sites for hydroxylation is 1. The number of nitrogens with one attached hydrogen (secondary N) is 1. The molecule has 2 aliphatic rings. The van der Waals surface area contributed by atoms with E-state index in [1.807, 2.05) is 6.92 Å². The molecular weight excluding hydrogens is 431 g/mol. The highest BCUT2D eigenvalue weighted by atomic mass is 32.1. The van der Waals surface area contributed by atoms with E-state index in [9.17, 15) is 13.2 Å². The number of alkyl halides is 3. The first-order valence-electron chi connectivity index (χ1n) is 10.2. The molecule has 3 aromatic rings. The molecule has 0 radical (unpaired) electrons. The van der Waals surface area contributed by atoms with E-state index < -0.39 is 12.3 Å². The van der Waals surface area contributed by atoms with Gasteiger partial charge >= 0.3 is 6.18 Å². The van der Waals surface area contributed by atoms with Crippen molar-refractivity contribution in [1.29, 1.82) is 0 Å². The fourth-order valence-corrected chi connectivity index (χ4v) is 5.24. The topological polar surface area (TPSA) is 80.5 Å². The molecule has 4 heterocycles. The number of fused-ring (bicyclic) bond motifs is 3. The Balaban J connectivity index is 1.33. The van der Waals surface area contributed by atoms with Crippen molar-refractivity contribution in [3.8, 4) is 5.88 Å². The van der Waals surface area contributed by atoms with E-state index in [1.165, 1.54) is 27.2 Å². The first-order chi connectivity index (χ1) is 14.8. The summed E-state index contributed by atoms with van der Waals surface area (Å²) in [7, 11) is 0. The molecule has 31 heavy (non-hydrogen) atoms. The van der Waals surface area contributed by atoms with E-state index in [0.29, 0.717) is 17.8 Å². The van der Waals surface area contributed by atoms with Crippen LogP contribution in [0.2, 0.25) is 0 Å². The van der Waals surface area contributed by atoms with Crippen molar-refractivity contribution >= 4 is 28.1 Å². The van der Waals surface area contributed by atoms with Crippen LogP contribution in [0.15, 0.2) is 18.5 Å². The lowest BCUT2D eigenvalue weighted by molar-refractivity contribution is -0.189. The zero-order chi connectivity index (χ0) is 21.8. The van der Waals surface area contributed by atoms with Crippen LogP contribution in [0.1, 0.15) is 25.5 Å². The zero-order valence-electron chi connectivity index (χ0n) is 17.0. The second-order valence-corrected chi connectivity index (χ2v) is 9.00. The highest BCUT2D eigenvalue weighted by Crippen LogP contribution is 2.41. The largest absolute Gasteiger partial charge is 0.462 e. The monoisotopic (exact) mass is 453 g/mol. The van der Waals surface area contributed by atoms with Crippen LogP contribution < -0.4 is 15.0 Å². The molecule has 3 aromatic heterocycles. The van der Waals surface area contributed by atoms with Crippen LogP contribution in [-0.4, -0.2) is 55.4 Å². The molecule has 2 fully saturated rings. The summed E-state index contributed by atoms with van der Waals surface area (Å²) < 4.78 is 49.4. The number of hydrogen-bond donors (Lipinski definition) is 1. The third-order valence-electron chi connectivity index (χ3n) is 6.03. The standard InChI is InChI=1S/C19H22F3N7OS/c1-10-7-14(31-27-10)28-8-12-3-4-13(9-28)15(12)24-18-25-16-17(23-5-6-29(16)26-18)30-11(2)19(20,21)22/h5-7,11-13,15H,3-4,8-9H2,1-2H3,(H,24,26)/t11?,12-,13?,15?/m0/s1. The summed E-state index contributed by atoms with van der Waals surface area (Å²) in [5.74, 6) is 1.06. The highest BCUT2D eigenvalue weighted by Gasteiger charge is 2.43. The Morgan fingerprint density at radius 1 is 1.26 bits per heavy atom. The molecule has 1 aliphatic carbocycles. The van der Waals surface area contributed by atoms with Crippen molar-refractivity contribution in [1.82, 2.24) is 24.0 Å². The number of aromatic nitrogens is 5. The van der Waals surface area contributed by atoms with E-state index in [4.69, 9.17) is 4.74 Å². The summed E-state index contributed by atoms with van der Waals surface area (Å²) in [4.78, 5) is 10.7. The molecule has 0 spiro atoms. The Labute approximate surface area is 180 Å². The number of ether oxygens (including phenoxy) is 1. The Kier molecular flexibility index (Phi) is 4.91. The van der Waals surface area contributed by atoms with Gasteiger partial charge < -0.3 is 15.0 Å². The average molecular weight is 453 g/mol. The summed E-state index contributed by atoms with van der Waals surface area (Å²) in [5.41, 5.74) is 1.19. The van der Waals surface area contributed by atoms with Crippen molar-refractivity contribution in [2.75, 3.05) is 23.3 Å². The lowest BCUT2D eigenvalue weighted by Gasteiger charge is -2.38. The number of piperidine rings is 1. The van der Waals surface area contributed by atoms with Gasteiger partial charge in [-0.1, -0.05) is 0 Å². The molecule has 0 aromatic carbocycles. The molecule has 1 aliphatic heterocycles. The second kappa shape index (κ2) is 7.50. The minimum atomic E-state index is -4.49. The van der Waals surface area contributed by atoms with Crippen molar-refractivity contribution in [2.24, 2.45) is 11.8 Å². The molecule has 5 rings (SSSR count). The summed E-state index contributed by atoms with van der Waals surface area (Å²) in [6, 6.07) is 2.34. The average Bonchev–Trinajstić information content (AvgIpc) is 3.38. The fraction of sp³-hybridized carbons (Fsp3) is 0.579. The summed E-state index contributed by atoms with van der Waals surface area (Å²) in [6.07, 6.45) is -1.36. The molecule has 8 nitrogen and oxygen atoms in total. The number of nitrogens with zero attached hydrogens (tertiary/aromatic N) is 6. The van der Waals surface area contributed by atoms with Crippen molar-refractivity contribution < 1.29 is 17.9 Å². The molecular formula is C19H22F3N7OS. The predicted octanol–water partition coefficient (Wildman–Crippen LogP) is 3.55. The Morgan fingerprint density at radius 3 is 2.65 bits per heavy atom. The first-order valence-corrected chi connectivity index (χ1v) is 10.9. The van der Waals surface area contributed by atoms with Crippen LogP contribution in [0.5, 0.6) is 5.88 Å². The lowest BCUT2D eigenvalue weighted by Crippen LogP contribution is -2.48. The normalized spacial score (nSPS) is 24.5. The molecule has 3 unspecified atom stereocenters. The number of anilines is 2. The van der Waals surface area contributed by atoms with E-state index in [2.05, 4.69) is 35.7 Å². The number of rotatable bonds is 5. The van der Waals surface area contributed by atoms with Gasteiger partial charge in [-0.25, -0.2) is 9.50 Å². The molecule has 0 amide bonds. The molecule has 2 bridgehead atoms. The predicted molar refractivity (Wildman–Crippen MR) is 110 cm³/mol. The maximum atomic E-state index is 12.9. The van der Waals surface area contributed by atoms with E-state index in [0.717, 1.165) is 38.5 Å². The zero-order valence-corrected chi connectivity index (χ0v) is 17.8. The van der Waals surface area contributed by atoms with Gasteiger partial charge in [0, 0.05) is 31.5 Å². The van der Waals surface area contributed by atoms with Gasteiger partial charge in [0.05, 0.1) is 5.69 Å². The third kappa shape index (κ3) is 3.88. The molecule has 1 saturated heterocycles. The van der Waals surface area contributed by atoms with Gasteiger partial charge in [0.2, 0.25) is 11.6 Å². The molecule has 166 valence electrons. The van der Waals surface area contributed by atoms with Gasteiger partial charge in [-0.05, 0) is 56.1 Å². The Morgan fingerprint density at radius 2 is 2.00 bits per heavy atom. The fourth-order valence-electron chi connectivity index (χ4n) is 4.46. The van der Waals surface area contributed by atoms with Gasteiger partial charge in [-0.15, -0.1) is 5.10 Å². The maximum Gasteiger partial charge on any atom is 0.425 e. The van der Waals surface area contributed by atoms with Crippen molar-refractivity contribution in [2.45, 2.75) is 45.0 Å². The Bertz CT molecular complexity index is 1070. The minimum absolute atomic E-state index is 0.158. The van der Waals surface area contributed by atoms with Gasteiger partial charge in [0.25, 0.3) is 5.88 Å². The summed E-state index contributed by atoms with van der Waals surface area (Å²) in [6.45, 7) is 4.81. The van der Waals surface area contributed by atoms with Crippen molar-refractivity contribution in [3.05, 3.63) is 24.2 Å². The van der Waals surface area contributed by atoms with E-state index in [1.54, 1.807) is 6.20 Å². The van der Waals surface area contributed by atoms with Crippen LogP contribution in [0.3, 0.4) is 0 Å². The smallest absolute Gasteiger partial charge is 0.425 e. The van der Waals surface area contributed by atoms with Gasteiger partial charge in [-0.2, -0.15) is 22.5 Å². The minimum Gasteiger partial charge on any atom is -0.462 e. The number of halogens is 3.